The molecule has 8 heteroatoms. The van der Waals surface area contributed by atoms with E-state index in [1.807, 2.05) is 0 Å². The van der Waals surface area contributed by atoms with Crippen molar-refractivity contribution in [3.8, 4) is 0 Å². The number of nitrogens with zero attached hydrogens (tertiary/aromatic N) is 3. The third-order valence-electron chi connectivity index (χ3n) is 4.20. The summed E-state index contributed by atoms with van der Waals surface area (Å²) in [6, 6.07) is 1.71. The van der Waals surface area contributed by atoms with Gasteiger partial charge in [-0.15, -0.1) is 11.3 Å². The van der Waals surface area contributed by atoms with Gasteiger partial charge in [-0.2, -0.15) is 0 Å². The van der Waals surface area contributed by atoms with Gasteiger partial charge in [-0.3, -0.25) is 9.59 Å². The Morgan fingerprint density at radius 3 is 2.78 bits per heavy atom. The number of amides is 2. The second-order valence-electron chi connectivity index (χ2n) is 5.69. The molecule has 3 N–H and O–H groups in total. The molecule has 7 nitrogen and oxygen atoms in total. The van der Waals surface area contributed by atoms with E-state index in [1.165, 1.54) is 17.7 Å². The molecule has 3 heterocycles. The summed E-state index contributed by atoms with van der Waals surface area (Å²) < 4.78 is 0.894. The van der Waals surface area contributed by atoms with E-state index in [9.17, 15) is 9.59 Å². The summed E-state index contributed by atoms with van der Waals surface area (Å²) in [4.78, 5) is 34.2. The van der Waals surface area contributed by atoms with Crippen molar-refractivity contribution in [2.45, 2.75) is 19.3 Å². The number of rotatable bonds is 4. The molecule has 3 rings (SSSR count). The first-order chi connectivity index (χ1) is 11.1. The van der Waals surface area contributed by atoms with Crippen LogP contribution < -0.4 is 16.0 Å². The van der Waals surface area contributed by atoms with Crippen LogP contribution in [0, 0.1) is 5.92 Å². The van der Waals surface area contributed by atoms with E-state index in [2.05, 4.69) is 20.2 Å². The van der Waals surface area contributed by atoms with Crippen molar-refractivity contribution in [2.24, 2.45) is 11.7 Å². The van der Waals surface area contributed by atoms with E-state index in [-0.39, 0.29) is 5.91 Å². The second kappa shape index (κ2) is 6.49. The van der Waals surface area contributed by atoms with Crippen LogP contribution in [0.5, 0.6) is 0 Å². The summed E-state index contributed by atoms with van der Waals surface area (Å²) in [6.45, 7) is 1.69. The van der Waals surface area contributed by atoms with Gasteiger partial charge in [-0.25, -0.2) is 9.97 Å². The highest BCUT2D eigenvalue weighted by atomic mass is 32.1. The molecule has 2 aromatic rings. The third kappa shape index (κ3) is 3.26. The average molecular weight is 333 g/mol. The highest BCUT2D eigenvalue weighted by molar-refractivity contribution is 7.21. The predicted molar refractivity (Wildman–Crippen MR) is 89.6 cm³/mol. The monoisotopic (exact) mass is 333 g/mol. The van der Waals surface area contributed by atoms with Crippen LogP contribution in [-0.2, 0) is 4.79 Å². The van der Waals surface area contributed by atoms with Crippen LogP contribution in [0.15, 0.2) is 12.4 Å². The number of nitrogens with two attached hydrogens (primary N) is 1. The molecule has 23 heavy (non-hydrogen) atoms. The van der Waals surface area contributed by atoms with Crippen molar-refractivity contribution in [2.75, 3.05) is 25.0 Å². The Morgan fingerprint density at radius 2 is 2.13 bits per heavy atom. The van der Waals surface area contributed by atoms with Gasteiger partial charge in [0.25, 0.3) is 5.91 Å². The number of hydrogen-bond donors (Lipinski definition) is 2. The number of piperidine rings is 1. The second-order valence-corrected chi connectivity index (χ2v) is 6.75. The molecular weight excluding hydrogens is 314 g/mol. The van der Waals surface area contributed by atoms with Crippen LogP contribution in [0.3, 0.4) is 0 Å². The minimum absolute atomic E-state index is 0.0947. The van der Waals surface area contributed by atoms with Crippen LogP contribution >= 0.6 is 11.3 Å². The van der Waals surface area contributed by atoms with Crippen LogP contribution in [-0.4, -0.2) is 41.9 Å². The lowest BCUT2D eigenvalue weighted by Crippen LogP contribution is -2.36. The molecule has 1 aliphatic rings. The van der Waals surface area contributed by atoms with E-state index in [4.69, 9.17) is 5.73 Å². The fourth-order valence-corrected chi connectivity index (χ4v) is 3.88. The van der Waals surface area contributed by atoms with Gasteiger partial charge >= 0.3 is 0 Å². The molecule has 1 aliphatic heterocycles. The molecule has 0 radical (unpaired) electrons. The average Bonchev–Trinajstić information content (AvgIpc) is 3.00. The van der Waals surface area contributed by atoms with Gasteiger partial charge < -0.3 is 16.0 Å². The number of carbonyl (C=O) groups excluding carboxylic acids is 2. The SMILES string of the molecule is CNC(=O)CC1CCN(c2ncnc3cc(C(N)=O)sc23)CC1. The molecule has 1 saturated heterocycles. The predicted octanol–water partition coefficient (Wildman–Crippen LogP) is 1.14. The zero-order valence-electron chi connectivity index (χ0n) is 12.9. The lowest BCUT2D eigenvalue weighted by molar-refractivity contribution is -0.121. The van der Waals surface area contributed by atoms with E-state index >= 15 is 0 Å². The maximum absolute atomic E-state index is 11.5. The van der Waals surface area contributed by atoms with E-state index < -0.39 is 5.91 Å². The summed E-state index contributed by atoms with van der Waals surface area (Å²) in [5.41, 5.74) is 6.11. The lowest BCUT2D eigenvalue weighted by atomic mass is 9.93. The molecule has 122 valence electrons. The Balaban J connectivity index is 1.77. The van der Waals surface area contributed by atoms with Gasteiger partial charge in [0, 0.05) is 26.6 Å². The summed E-state index contributed by atoms with van der Waals surface area (Å²) >= 11 is 1.34. The van der Waals surface area contributed by atoms with E-state index in [1.54, 1.807) is 13.1 Å². The summed E-state index contributed by atoms with van der Waals surface area (Å²) in [7, 11) is 1.67. The Bertz CT molecular complexity index is 737. The Labute approximate surface area is 137 Å². The van der Waals surface area contributed by atoms with Crippen molar-refractivity contribution >= 4 is 39.2 Å². The fraction of sp³-hybridized carbons (Fsp3) is 0.467. The first kappa shape index (κ1) is 15.7. The zero-order valence-corrected chi connectivity index (χ0v) is 13.7. The van der Waals surface area contributed by atoms with Crippen LogP contribution in [0.4, 0.5) is 5.82 Å². The standard InChI is InChI=1S/C15H19N5O2S/c1-17-12(21)6-9-2-4-20(5-3-9)15-13-10(18-8-19-15)7-11(23-13)14(16)22/h7-9H,2-6H2,1H3,(H2,16,22)(H,17,21). The number of fused-ring (bicyclic) bond motifs is 1. The molecule has 0 unspecified atom stereocenters. The largest absolute Gasteiger partial charge is 0.365 e. The topological polar surface area (TPSA) is 101 Å². The first-order valence-corrected chi connectivity index (χ1v) is 8.40. The van der Waals surface area contributed by atoms with Gasteiger partial charge in [0.2, 0.25) is 5.91 Å². The molecule has 2 amide bonds. The van der Waals surface area contributed by atoms with Crippen molar-refractivity contribution in [1.29, 1.82) is 0 Å². The van der Waals surface area contributed by atoms with Gasteiger partial charge in [-0.05, 0) is 24.8 Å². The van der Waals surface area contributed by atoms with Gasteiger partial charge in [-0.1, -0.05) is 0 Å². The molecule has 0 bridgehead atoms. The van der Waals surface area contributed by atoms with Crippen LogP contribution in [0.1, 0.15) is 28.9 Å². The fourth-order valence-electron chi connectivity index (χ4n) is 2.90. The number of nitrogens with one attached hydrogen (secondary N) is 1. The van der Waals surface area contributed by atoms with Crippen molar-refractivity contribution in [1.82, 2.24) is 15.3 Å². The first-order valence-electron chi connectivity index (χ1n) is 7.58. The number of aromatic nitrogens is 2. The number of carbonyl (C=O) groups is 2. The Hall–Kier alpha value is -2.22. The summed E-state index contributed by atoms with van der Waals surface area (Å²) in [6.07, 6.45) is 4.00. The number of anilines is 1. The lowest BCUT2D eigenvalue weighted by Gasteiger charge is -2.32. The molecule has 0 atom stereocenters. The Kier molecular flexibility index (Phi) is 4.42. The summed E-state index contributed by atoms with van der Waals surface area (Å²) in [5, 5.41) is 2.68. The smallest absolute Gasteiger partial charge is 0.258 e. The normalized spacial score (nSPS) is 15.8. The molecule has 0 saturated carbocycles. The molecule has 2 aromatic heterocycles. The quantitative estimate of drug-likeness (QED) is 0.874. The Morgan fingerprint density at radius 1 is 1.39 bits per heavy atom. The van der Waals surface area contributed by atoms with Gasteiger partial charge in [0.05, 0.1) is 15.1 Å². The molecule has 0 aliphatic carbocycles. The number of primary amides is 1. The van der Waals surface area contributed by atoms with Crippen molar-refractivity contribution in [3.05, 3.63) is 17.3 Å². The minimum atomic E-state index is -0.441. The molecule has 0 aromatic carbocycles. The maximum atomic E-state index is 11.5. The van der Waals surface area contributed by atoms with Crippen LogP contribution in [0.25, 0.3) is 10.2 Å². The van der Waals surface area contributed by atoms with E-state index in [0.717, 1.165) is 42.0 Å². The van der Waals surface area contributed by atoms with Crippen molar-refractivity contribution in [3.63, 3.8) is 0 Å². The molecular formula is C15H19N5O2S. The number of thiophene rings is 1. The maximum Gasteiger partial charge on any atom is 0.258 e. The highest BCUT2D eigenvalue weighted by Crippen LogP contribution is 2.33. The van der Waals surface area contributed by atoms with Gasteiger partial charge in [0.1, 0.15) is 12.1 Å². The third-order valence-corrected chi connectivity index (χ3v) is 5.34. The minimum Gasteiger partial charge on any atom is -0.365 e. The number of hydrogen-bond acceptors (Lipinski definition) is 6. The van der Waals surface area contributed by atoms with E-state index in [0.29, 0.717) is 17.2 Å². The molecule has 0 spiro atoms. The zero-order chi connectivity index (χ0) is 16.4. The highest BCUT2D eigenvalue weighted by Gasteiger charge is 2.24. The molecule has 1 fully saturated rings. The van der Waals surface area contributed by atoms with Gasteiger partial charge in [0.15, 0.2) is 0 Å². The van der Waals surface area contributed by atoms with Crippen LogP contribution in [0.2, 0.25) is 0 Å². The summed E-state index contributed by atoms with van der Waals surface area (Å²) in [5.74, 6) is 0.916. The van der Waals surface area contributed by atoms with Crippen molar-refractivity contribution < 1.29 is 9.59 Å².